The Balaban J connectivity index is 1.94. The molecule has 6 nitrogen and oxygen atoms in total. The van der Waals surface area contributed by atoms with Gasteiger partial charge in [0.05, 0.1) is 5.56 Å². The molecular weight excluding hydrogens is 434 g/mol. The lowest BCUT2D eigenvalue weighted by atomic mass is 9.93. The third-order valence-electron chi connectivity index (χ3n) is 4.09. The van der Waals surface area contributed by atoms with Crippen molar-refractivity contribution in [1.82, 2.24) is 10.2 Å². The molecule has 0 heterocycles. The number of hydrogen-bond donors (Lipinski definition) is 2. The zero-order valence-corrected chi connectivity index (χ0v) is 18.9. The largest absolute Gasteiger partial charge is 0.483 e. The van der Waals surface area contributed by atoms with Gasteiger partial charge in [0.2, 0.25) is 0 Å². The zero-order valence-electron chi connectivity index (χ0n) is 17.3. The Morgan fingerprint density at radius 1 is 1.07 bits per heavy atom. The summed E-state index contributed by atoms with van der Waals surface area (Å²) in [6, 6.07) is 14.2. The monoisotopic (exact) mass is 461 g/mol. The Labute approximate surface area is 180 Å². The highest BCUT2D eigenvalue weighted by molar-refractivity contribution is 9.10. The third kappa shape index (κ3) is 7.87. The molecule has 0 saturated heterocycles. The van der Waals surface area contributed by atoms with E-state index in [1.54, 1.807) is 36.4 Å². The molecule has 29 heavy (non-hydrogen) atoms. The molecule has 0 radical (unpaired) electrons. The first-order valence-corrected chi connectivity index (χ1v) is 10.2. The summed E-state index contributed by atoms with van der Waals surface area (Å²) in [5, 5.41) is 5.73. The molecule has 0 unspecified atom stereocenters. The lowest BCUT2D eigenvalue weighted by Gasteiger charge is -2.28. The number of amides is 2. The summed E-state index contributed by atoms with van der Waals surface area (Å²) in [6.45, 7) is 5.39. The predicted octanol–water partition coefficient (Wildman–Crippen LogP) is 3.78. The molecule has 2 aromatic rings. The van der Waals surface area contributed by atoms with Crippen LogP contribution in [0.2, 0.25) is 0 Å². The molecule has 0 saturated carbocycles. The molecule has 7 heteroatoms. The van der Waals surface area contributed by atoms with Crippen molar-refractivity contribution < 1.29 is 14.3 Å². The van der Waals surface area contributed by atoms with Gasteiger partial charge in [0.15, 0.2) is 6.61 Å². The summed E-state index contributed by atoms with van der Waals surface area (Å²) in [5.41, 5.74) is 1.01. The maximum Gasteiger partial charge on any atom is 0.262 e. The van der Waals surface area contributed by atoms with Gasteiger partial charge in [0.1, 0.15) is 5.75 Å². The standard InChI is InChI=1S/C22H28BrN3O3/c1-22(2,15-26(3)4)14-24-21(28)18-7-5-6-8-19(18)29-13-20(27)25-17-11-9-16(23)10-12-17/h5-12H,13-15H2,1-4H3,(H,24,28)(H,25,27). The molecule has 2 N–H and O–H groups in total. The number of anilines is 1. The van der Waals surface area contributed by atoms with Crippen molar-refractivity contribution in [1.29, 1.82) is 0 Å². The summed E-state index contributed by atoms with van der Waals surface area (Å²) in [5.74, 6) is -0.142. The quantitative estimate of drug-likeness (QED) is 0.595. The van der Waals surface area contributed by atoms with E-state index in [1.165, 1.54) is 0 Å². The number of nitrogens with one attached hydrogen (secondary N) is 2. The van der Waals surface area contributed by atoms with Crippen LogP contribution in [0.5, 0.6) is 5.75 Å². The first-order chi connectivity index (χ1) is 13.7. The molecule has 2 aromatic carbocycles. The lowest BCUT2D eigenvalue weighted by Crippen LogP contribution is -2.40. The molecule has 2 rings (SSSR count). The van der Waals surface area contributed by atoms with Crippen LogP contribution in [-0.4, -0.2) is 50.5 Å². The topological polar surface area (TPSA) is 70.7 Å². The van der Waals surface area contributed by atoms with Crippen molar-refractivity contribution in [3.8, 4) is 5.75 Å². The number of carbonyl (C=O) groups is 2. The van der Waals surface area contributed by atoms with E-state index in [2.05, 4.69) is 45.3 Å². The first-order valence-electron chi connectivity index (χ1n) is 9.36. The second-order valence-electron chi connectivity index (χ2n) is 7.92. The van der Waals surface area contributed by atoms with Gasteiger partial charge >= 0.3 is 0 Å². The fraction of sp³-hybridized carbons (Fsp3) is 0.364. The maximum atomic E-state index is 12.7. The first kappa shape index (κ1) is 22.9. The van der Waals surface area contributed by atoms with Crippen LogP contribution in [0.15, 0.2) is 53.0 Å². The number of nitrogens with zero attached hydrogens (tertiary/aromatic N) is 1. The summed E-state index contributed by atoms with van der Waals surface area (Å²) in [6.07, 6.45) is 0. The van der Waals surface area contributed by atoms with Crippen LogP contribution in [-0.2, 0) is 4.79 Å². The fourth-order valence-corrected chi connectivity index (χ4v) is 3.24. The smallest absolute Gasteiger partial charge is 0.262 e. The second kappa shape index (κ2) is 10.4. The molecule has 0 spiro atoms. The summed E-state index contributed by atoms with van der Waals surface area (Å²) in [4.78, 5) is 26.9. The van der Waals surface area contributed by atoms with Crippen molar-refractivity contribution in [3.05, 3.63) is 58.6 Å². The van der Waals surface area contributed by atoms with Crippen LogP contribution < -0.4 is 15.4 Å². The van der Waals surface area contributed by atoms with Crippen LogP contribution in [0.1, 0.15) is 24.2 Å². The van der Waals surface area contributed by atoms with Gasteiger partial charge in [0.25, 0.3) is 11.8 Å². The molecule has 0 aromatic heterocycles. The third-order valence-corrected chi connectivity index (χ3v) is 4.62. The highest BCUT2D eigenvalue weighted by Gasteiger charge is 2.21. The van der Waals surface area contributed by atoms with Gasteiger partial charge < -0.3 is 20.3 Å². The molecule has 0 aliphatic carbocycles. The van der Waals surface area contributed by atoms with E-state index in [9.17, 15) is 9.59 Å². The van der Waals surface area contributed by atoms with E-state index in [1.807, 2.05) is 26.2 Å². The van der Waals surface area contributed by atoms with Gasteiger partial charge in [-0.2, -0.15) is 0 Å². The number of ether oxygens (including phenoxy) is 1. The molecule has 0 fully saturated rings. The second-order valence-corrected chi connectivity index (χ2v) is 8.84. The van der Waals surface area contributed by atoms with Gasteiger partial charge in [-0.25, -0.2) is 0 Å². The Bertz CT molecular complexity index is 835. The Morgan fingerprint density at radius 3 is 2.38 bits per heavy atom. The fourth-order valence-electron chi connectivity index (χ4n) is 2.98. The Kier molecular flexibility index (Phi) is 8.22. The predicted molar refractivity (Wildman–Crippen MR) is 119 cm³/mol. The van der Waals surface area contributed by atoms with Crippen LogP contribution in [0.4, 0.5) is 5.69 Å². The van der Waals surface area contributed by atoms with Crippen molar-refractivity contribution in [2.75, 3.05) is 39.1 Å². The van der Waals surface area contributed by atoms with Crippen molar-refractivity contribution in [2.24, 2.45) is 5.41 Å². The van der Waals surface area contributed by atoms with Crippen molar-refractivity contribution in [2.45, 2.75) is 13.8 Å². The number of halogens is 1. The Morgan fingerprint density at radius 2 is 1.72 bits per heavy atom. The summed E-state index contributed by atoms with van der Waals surface area (Å²) in [7, 11) is 4.01. The average molecular weight is 462 g/mol. The van der Waals surface area contributed by atoms with E-state index in [0.717, 1.165) is 11.0 Å². The molecule has 2 amide bonds. The molecular formula is C22H28BrN3O3. The van der Waals surface area contributed by atoms with Crippen LogP contribution in [0.3, 0.4) is 0 Å². The maximum absolute atomic E-state index is 12.7. The van der Waals surface area contributed by atoms with Gasteiger partial charge in [-0.3, -0.25) is 9.59 Å². The van der Waals surface area contributed by atoms with E-state index in [4.69, 9.17) is 4.74 Å². The summed E-state index contributed by atoms with van der Waals surface area (Å²) < 4.78 is 6.55. The number of para-hydroxylation sites is 1. The minimum Gasteiger partial charge on any atom is -0.483 e. The van der Waals surface area contributed by atoms with Crippen LogP contribution >= 0.6 is 15.9 Å². The van der Waals surface area contributed by atoms with E-state index < -0.39 is 0 Å². The van der Waals surface area contributed by atoms with Crippen LogP contribution in [0.25, 0.3) is 0 Å². The number of carbonyl (C=O) groups excluding carboxylic acids is 2. The zero-order chi connectivity index (χ0) is 21.4. The van der Waals surface area contributed by atoms with E-state index in [0.29, 0.717) is 23.5 Å². The molecule has 0 atom stereocenters. The molecule has 0 aliphatic rings. The Hall–Kier alpha value is -2.38. The summed E-state index contributed by atoms with van der Waals surface area (Å²) >= 11 is 3.35. The van der Waals surface area contributed by atoms with Crippen LogP contribution in [0, 0.1) is 5.41 Å². The SMILES string of the molecule is CN(C)CC(C)(C)CNC(=O)c1ccccc1OCC(=O)Nc1ccc(Br)cc1. The number of rotatable bonds is 9. The molecule has 0 aliphatic heterocycles. The molecule has 0 bridgehead atoms. The van der Waals surface area contributed by atoms with Gasteiger partial charge in [0, 0.05) is 23.2 Å². The van der Waals surface area contributed by atoms with E-state index >= 15 is 0 Å². The lowest BCUT2D eigenvalue weighted by molar-refractivity contribution is -0.118. The average Bonchev–Trinajstić information content (AvgIpc) is 2.65. The molecule has 156 valence electrons. The van der Waals surface area contributed by atoms with Gasteiger partial charge in [-0.1, -0.05) is 41.9 Å². The van der Waals surface area contributed by atoms with Crippen molar-refractivity contribution in [3.63, 3.8) is 0 Å². The highest BCUT2D eigenvalue weighted by Crippen LogP contribution is 2.20. The van der Waals surface area contributed by atoms with Crippen molar-refractivity contribution >= 4 is 33.4 Å². The van der Waals surface area contributed by atoms with E-state index in [-0.39, 0.29) is 23.8 Å². The number of hydrogen-bond acceptors (Lipinski definition) is 4. The number of benzene rings is 2. The highest BCUT2D eigenvalue weighted by atomic mass is 79.9. The van der Waals surface area contributed by atoms with Gasteiger partial charge in [-0.15, -0.1) is 0 Å². The van der Waals surface area contributed by atoms with Gasteiger partial charge in [-0.05, 0) is 55.9 Å². The minimum atomic E-state index is -0.297. The minimum absolute atomic E-state index is 0.0699. The normalized spacial score (nSPS) is 11.2.